The van der Waals surface area contributed by atoms with Gasteiger partial charge in [-0.3, -0.25) is 4.79 Å². The minimum atomic E-state index is 0.587. The topological polar surface area (TPSA) is 32.3 Å². The van der Waals surface area contributed by atoms with E-state index >= 15 is 0 Å². The molecule has 1 amide bonds. The van der Waals surface area contributed by atoms with Crippen molar-refractivity contribution in [2.75, 3.05) is 13.1 Å². The number of carbonyl (C=O) groups excluding carboxylic acids is 1. The first-order chi connectivity index (χ1) is 4.88. The fraction of sp³-hybridized carbons (Fsp3) is 0.857. The molecule has 1 N–H and O–H groups in total. The predicted molar refractivity (Wildman–Crippen MR) is 37.6 cm³/mol. The van der Waals surface area contributed by atoms with Crippen LogP contribution in [0, 0.1) is 0 Å². The van der Waals surface area contributed by atoms with Gasteiger partial charge < -0.3 is 10.2 Å². The normalized spacial score (nSPS) is 38.2. The second-order valence-electron chi connectivity index (χ2n) is 3.20. The maximum Gasteiger partial charge on any atom is 0.209 e. The molecule has 2 heterocycles. The maximum atomic E-state index is 10.4. The van der Waals surface area contributed by atoms with E-state index in [0.717, 1.165) is 19.5 Å². The summed E-state index contributed by atoms with van der Waals surface area (Å²) in [4.78, 5) is 12.3. The number of hydrogen-bond acceptors (Lipinski definition) is 2. The highest BCUT2D eigenvalue weighted by Gasteiger charge is 2.31. The van der Waals surface area contributed by atoms with Gasteiger partial charge >= 0.3 is 0 Å². The first-order valence-corrected chi connectivity index (χ1v) is 3.84. The van der Waals surface area contributed by atoms with Gasteiger partial charge in [0.2, 0.25) is 6.41 Å². The molecule has 0 aromatic carbocycles. The van der Waals surface area contributed by atoms with Gasteiger partial charge in [0, 0.05) is 25.2 Å². The molecular formula is C7H12N2O. The highest BCUT2D eigenvalue weighted by Crippen LogP contribution is 2.18. The van der Waals surface area contributed by atoms with Crippen molar-refractivity contribution in [1.82, 2.24) is 10.2 Å². The summed E-state index contributed by atoms with van der Waals surface area (Å²) in [6.45, 7) is 1.83. The largest absolute Gasteiger partial charge is 0.342 e. The smallest absolute Gasteiger partial charge is 0.209 e. The standard InChI is InChI=1S/C7H12N2O/c10-5-9-3-6-1-2-7(4-9)8-6/h5-8H,1-4H2. The average molecular weight is 140 g/mol. The summed E-state index contributed by atoms with van der Waals surface area (Å²) in [5.74, 6) is 0. The molecule has 0 radical (unpaired) electrons. The van der Waals surface area contributed by atoms with E-state index in [4.69, 9.17) is 0 Å². The van der Waals surface area contributed by atoms with E-state index in [1.54, 1.807) is 0 Å². The Bertz CT molecular complexity index is 137. The third-order valence-corrected chi connectivity index (χ3v) is 2.39. The number of fused-ring (bicyclic) bond motifs is 2. The molecule has 2 fully saturated rings. The van der Waals surface area contributed by atoms with Gasteiger partial charge in [-0.25, -0.2) is 0 Å². The third-order valence-electron chi connectivity index (χ3n) is 2.39. The van der Waals surface area contributed by atoms with Crippen LogP contribution in [0.3, 0.4) is 0 Å². The second kappa shape index (κ2) is 2.23. The van der Waals surface area contributed by atoms with Crippen LogP contribution in [0.4, 0.5) is 0 Å². The monoisotopic (exact) mass is 140 g/mol. The molecule has 56 valence electrons. The lowest BCUT2D eigenvalue weighted by molar-refractivity contribution is -0.119. The van der Waals surface area contributed by atoms with E-state index in [1.165, 1.54) is 12.8 Å². The van der Waals surface area contributed by atoms with Crippen LogP contribution in [-0.4, -0.2) is 36.5 Å². The summed E-state index contributed by atoms with van der Waals surface area (Å²) in [6.07, 6.45) is 3.45. The Kier molecular flexibility index (Phi) is 1.38. The predicted octanol–water partition coefficient (Wildman–Crippen LogP) is -0.421. The first-order valence-electron chi connectivity index (χ1n) is 3.84. The Morgan fingerprint density at radius 1 is 1.30 bits per heavy atom. The Hall–Kier alpha value is -0.570. The summed E-state index contributed by atoms with van der Waals surface area (Å²) in [7, 11) is 0. The number of carbonyl (C=O) groups is 1. The summed E-state index contributed by atoms with van der Waals surface area (Å²) in [5.41, 5.74) is 0. The lowest BCUT2D eigenvalue weighted by atomic mass is 10.2. The number of nitrogens with zero attached hydrogens (tertiary/aromatic N) is 1. The van der Waals surface area contributed by atoms with Crippen LogP contribution in [0.15, 0.2) is 0 Å². The highest BCUT2D eigenvalue weighted by molar-refractivity contribution is 5.47. The molecule has 2 unspecified atom stereocenters. The molecule has 3 nitrogen and oxygen atoms in total. The zero-order valence-corrected chi connectivity index (χ0v) is 5.92. The van der Waals surface area contributed by atoms with Crippen LogP contribution < -0.4 is 5.32 Å². The van der Waals surface area contributed by atoms with Gasteiger partial charge in [0.25, 0.3) is 0 Å². The number of rotatable bonds is 1. The Morgan fingerprint density at radius 3 is 2.40 bits per heavy atom. The summed E-state index contributed by atoms with van der Waals surface area (Å²) in [6, 6.07) is 1.17. The number of nitrogens with one attached hydrogen (secondary N) is 1. The summed E-state index contributed by atoms with van der Waals surface area (Å²) < 4.78 is 0. The first kappa shape index (κ1) is 6.16. The molecule has 2 atom stereocenters. The Labute approximate surface area is 60.4 Å². The van der Waals surface area contributed by atoms with Crippen molar-refractivity contribution < 1.29 is 4.79 Å². The molecule has 0 spiro atoms. The molecule has 2 aliphatic heterocycles. The minimum absolute atomic E-state index is 0.587. The SMILES string of the molecule is O=CN1CC2CCC(C1)N2. The molecule has 10 heavy (non-hydrogen) atoms. The summed E-state index contributed by atoms with van der Waals surface area (Å²) >= 11 is 0. The van der Waals surface area contributed by atoms with Crippen molar-refractivity contribution in [2.24, 2.45) is 0 Å². The van der Waals surface area contributed by atoms with Crippen molar-refractivity contribution in [3.8, 4) is 0 Å². The highest BCUT2D eigenvalue weighted by atomic mass is 16.1. The molecule has 2 bridgehead atoms. The van der Waals surface area contributed by atoms with E-state index in [2.05, 4.69) is 5.32 Å². The van der Waals surface area contributed by atoms with Crippen LogP contribution in [0.1, 0.15) is 12.8 Å². The van der Waals surface area contributed by atoms with Crippen LogP contribution in [0.5, 0.6) is 0 Å². The van der Waals surface area contributed by atoms with Crippen molar-refractivity contribution >= 4 is 6.41 Å². The fourth-order valence-electron chi connectivity index (χ4n) is 1.92. The average Bonchev–Trinajstić information content (AvgIpc) is 2.30. The van der Waals surface area contributed by atoms with Gasteiger partial charge in [-0.15, -0.1) is 0 Å². The molecule has 0 aromatic heterocycles. The van der Waals surface area contributed by atoms with Crippen molar-refractivity contribution in [1.29, 1.82) is 0 Å². The van der Waals surface area contributed by atoms with Gasteiger partial charge in [0.15, 0.2) is 0 Å². The van der Waals surface area contributed by atoms with Gasteiger partial charge in [-0.1, -0.05) is 0 Å². The minimum Gasteiger partial charge on any atom is -0.342 e. The van der Waals surface area contributed by atoms with E-state index in [9.17, 15) is 4.79 Å². The lowest BCUT2D eigenvalue weighted by Gasteiger charge is -2.29. The van der Waals surface area contributed by atoms with Gasteiger partial charge in [0.05, 0.1) is 0 Å². The van der Waals surface area contributed by atoms with Crippen molar-refractivity contribution in [3.05, 3.63) is 0 Å². The van der Waals surface area contributed by atoms with Crippen molar-refractivity contribution in [2.45, 2.75) is 24.9 Å². The molecule has 2 rings (SSSR count). The summed E-state index contributed by atoms with van der Waals surface area (Å²) in [5, 5.41) is 3.45. The molecule has 0 saturated carbocycles. The van der Waals surface area contributed by atoms with Crippen LogP contribution in [-0.2, 0) is 4.79 Å². The molecule has 0 aliphatic carbocycles. The van der Waals surface area contributed by atoms with E-state index < -0.39 is 0 Å². The zero-order valence-electron chi connectivity index (χ0n) is 5.92. The zero-order chi connectivity index (χ0) is 6.97. The maximum absolute atomic E-state index is 10.4. The van der Waals surface area contributed by atoms with E-state index in [1.807, 2.05) is 4.90 Å². The van der Waals surface area contributed by atoms with Crippen LogP contribution >= 0.6 is 0 Å². The van der Waals surface area contributed by atoms with Crippen molar-refractivity contribution in [3.63, 3.8) is 0 Å². The second-order valence-corrected chi connectivity index (χ2v) is 3.20. The third kappa shape index (κ3) is 0.904. The molecular weight excluding hydrogens is 128 g/mol. The quantitative estimate of drug-likeness (QED) is 0.502. The molecule has 0 aromatic rings. The number of piperazine rings is 1. The fourth-order valence-corrected chi connectivity index (χ4v) is 1.92. The van der Waals surface area contributed by atoms with Crippen LogP contribution in [0.25, 0.3) is 0 Å². The Morgan fingerprint density at radius 2 is 1.90 bits per heavy atom. The molecule has 2 saturated heterocycles. The van der Waals surface area contributed by atoms with Gasteiger partial charge in [0.1, 0.15) is 0 Å². The Balaban J connectivity index is 2.02. The van der Waals surface area contributed by atoms with E-state index in [-0.39, 0.29) is 0 Å². The van der Waals surface area contributed by atoms with Crippen LogP contribution in [0.2, 0.25) is 0 Å². The number of hydrogen-bond donors (Lipinski definition) is 1. The lowest BCUT2D eigenvalue weighted by Crippen LogP contribution is -2.50. The van der Waals surface area contributed by atoms with Gasteiger partial charge in [-0.2, -0.15) is 0 Å². The number of amides is 1. The van der Waals surface area contributed by atoms with Gasteiger partial charge in [-0.05, 0) is 12.8 Å². The number of likely N-dealkylation sites (tertiary alicyclic amines) is 1. The van der Waals surface area contributed by atoms with E-state index in [0.29, 0.717) is 12.1 Å². The molecule has 2 aliphatic rings. The molecule has 3 heteroatoms.